The average molecular weight is 495 g/mol. The predicted octanol–water partition coefficient (Wildman–Crippen LogP) is 4.58. The number of carbonyl (C=O) groups is 3. The number of carbonyl (C=O) groups excluding carboxylic acids is 3. The Hall–Kier alpha value is -4.57. The molecule has 0 aliphatic rings. The molecular weight excluding hydrogens is 476 g/mol. The van der Waals surface area contributed by atoms with Gasteiger partial charge in [0.25, 0.3) is 11.6 Å². The molecule has 0 aliphatic carbocycles. The quantitative estimate of drug-likeness (QED) is 0.154. The number of esters is 1. The summed E-state index contributed by atoms with van der Waals surface area (Å²) in [7, 11) is 0. The van der Waals surface area contributed by atoms with Gasteiger partial charge in [-0.15, -0.1) is 0 Å². The van der Waals surface area contributed by atoms with Crippen LogP contribution in [0, 0.1) is 10.1 Å². The van der Waals surface area contributed by atoms with Crippen molar-refractivity contribution in [2.24, 2.45) is 5.10 Å². The Labute approximate surface area is 204 Å². The van der Waals surface area contributed by atoms with Crippen molar-refractivity contribution in [2.75, 3.05) is 5.32 Å². The van der Waals surface area contributed by atoms with Gasteiger partial charge in [0, 0.05) is 35.4 Å². The lowest BCUT2D eigenvalue weighted by Gasteiger charge is -2.08. The molecule has 0 heterocycles. The van der Waals surface area contributed by atoms with Crippen LogP contribution in [0.3, 0.4) is 0 Å². The monoisotopic (exact) mass is 494 g/mol. The maximum Gasteiger partial charge on any atom is 0.345 e. The van der Waals surface area contributed by atoms with Gasteiger partial charge >= 0.3 is 5.97 Å². The van der Waals surface area contributed by atoms with Crippen molar-refractivity contribution >= 4 is 47.0 Å². The van der Waals surface area contributed by atoms with Gasteiger partial charge in [-0.25, -0.2) is 10.2 Å². The van der Waals surface area contributed by atoms with E-state index in [-0.39, 0.29) is 39.1 Å². The Morgan fingerprint density at radius 2 is 1.80 bits per heavy atom. The third-order valence-corrected chi connectivity index (χ3v) is 4.95. The number of nitro benzene ring substituents is 1. The summed E-state index contributed by atoms with van der Waals surface area (Å²) < 4.78 is 5.36. The fourth-order valence-electron chi connectivity index (χ4n) is 2.80. The van der Waals surface area contributed by atoms with Gasteiger partial charge in [-0.05, 0) is 42.5 Å². The van der Waals surface area contributed by atoms with Crippen LogP contribution in [0.5, 0.6) is 5.75 Å². The number of anilines is 1. The lowest BCUT2D eigenvalue weighted by Crippen LogP contribution is -2.18. The fraction of sp³-hybridized carbons (Fsp3) is 0.0833. The summed E-state index contributed by atoms with van der Waals surface area (Å²) in [4.78, 5) is 46.9. The van der Waals surface area contributed by atoms with E-state index in [1.54, 1.807) is 31.2 Å². The van der Waals surface area contributed by atoms with Crippen molar-refractivity contribution < 1.29 is 24.0 Å². The Bertz CT molecular complexity index is 1310. The van der Waals surface area contributed by atoms with Crippen LogP contribution in [0.15, 0.2) is 71.8 Å². The Morgan fingerprint density at radius 1 is 1.09 bits per heavy atom. The van der Waals surface area contributed by atoms with Gasteiger partial charge in [-0.1, -0.05) is 30.7 Å². The number of rotatable bonds is 8. The normalized spacial score (nSPS) is 10.6. The maximum atomic E-state index is 12.5. The third-order valence-electron chi connectivity index (χ3n) is 4.62. The summed E-state index contributed by atoms with van der Waals surface area (Å²) in [6.07, 6.45) is 1.44. The fourth-order valence-corrected chi connectivity index (χ4v) is 3.02. The first kappa shape index (κ1) is 25.1. The van der Waals surface area contributed by atoms with E-state index in [0.29, 0.717) is 12.1 Å². The highest BCUT2D eigenvalue weighted by atomic mass is 35.5. The summed E-state index contributed by atoms with van der Waals surface area (Å²) in [6.45, 7) is 1.72. The molecule has 0 aromatic heterocycles. The number of hydrazone groups is 1. The average Bonchev–Trinajstić information content (AvgIpc) is 2.85. The zero-order chi connectivity index (χ0) is 25.4. The molecule has 10 nitrogen and oxygen atoms in total. The minimum absolute atomic E-state index is 0.0189. The van der Waals surface area contributed by atoms with E-state index in [4.69, 9.17) is 16.3 Å². The standard InChI is InChI=1S/C24H19ClN4O6/c1-2-22(30)27-17-9-7-15(8-10-17)23(31)28-26-14-16-13-18(29(33)34)11-12-21(16)35-24(32)19-5-3-4-6-20(19)25/h3-14H,2H2,1H3,(H,27,30)(H,28,31)/b26-14+. The molecule has 0 atom stereocenters. The van der Waals surface area contributed by atoms with Crippen molar-refractivity contribution in [2.45, 2.75) is 13.3 Å². The number of nitro groups is 1. The zero-order valence-electron chi connectivity index (χ0n) is 18.4. The second-order valence-electron chi connectivity index (χ2n) is 7.03. The van der Waals surface area contributed by atoms with Crippen LogP contribution in [0.25, 0.3) is 0 Å². The molecule has 3 aromatic carbocycles. The van der Waals surface area contributed by atoms with Crippen molar-refractivity contribution in [1.29, 1.82) is 0 Å². The van der Waals surface area contributed by atoms with Gasteiger partial charge < -0.3 is 10.1 Å². The molecule has 0 radical (unpaired) electrons. The van der Waals surface area contributed by atoms with E-state index in [1.165, 1.54) is 36.4 Å². The van der Waals surface area contributed by atoms with Crippen LogP contribution in [0.4, 0.5) is 11.4 Å². The summed E-state index contributed by atoms with van der Waals surface area (Å²) in [5, 5.41) is 17.9. The van der Waals surface area contributed by atoms with Crippen molar-refractivity contribution in [1.82, 2.24) is 5.43 Å². The Balaban J connectivity index is 1.76. The van der Waals surface area contributed by atoms with Crippen LogP contribution < -0.4 is 15.5 Å². The number of ether oxygens (including phenoxy) is 1. The van der Waals surface area contributed by atoms with Crippen molar-refractivity contribution in [3.8, 4) is 5.75 Å². The van der Waals surface area contributed by atoms with Gasteiger partial charge in [0.1, 0.15) is 5.75 Å². The molecule has 3 aromatic rings. The van der Waals surface area contributed by atoms with Crippen LogP contribution in [-0.2, 0) is 4.79 Å². The van der Waals surface area contributed by atoms with E-state index < -0.39 is 16.8 Å². The molecular formula is C24H19ClN4O6. The second kappa shape index (κ2) is 11.5. The lowest BCUT2D eigenvalue weighted by atomic mass is 10.2. The first-order valence-corrected chi connectivity index (χ1v) is 10.6. The summed E-state index contributed by atoms with van der Waals surface area (Å²) in [5.41, 5.74) is 3.04. The molecule has 11 heteroatoms. The van der Waals surface area contributed by atoms with Crippen molar-refractivity contribution in [3.05, 3.63) is 98.6 Å². The molecule has 0 fully saturated rings. The van der Waals surface area contributed by atoms with Crippen LogP contribution >= 0.6 is 11.6 Å². The highest BCUT2D eigenvalue weighted by Gasteiger charge is 2.17. The predicted molar refractivity (Wildman–Crippen MR) is 130 cm³/mol. The molecule has 178 valence electrons. The van der Waals surface area contributed by atoms with Gasteiger partial charge in [0.2, 0.25) is 5.91 Å². The maximum absolute atomic E-state index is 12.5. The van der Waals surface area contributed by atoms with Crippen LogP contribution in [0.2, 0.25) is 5.02 Å². The molecule has 0 saturated carbocycles. The first-order chi connectivity index (χ1) is 16.8. The number of nitrogens with zero attached hydrogens (tertiary/aromatic N) is 2. The van der Waals surface area contributed by atoms with Gasteiger partial charge in [-0.2, -0.15) is 5.10 Å². The molecule has 2 amide bonds. The molecule has 3 rings (SSSR count). The van der Waals surface area contributed by atoms with E-state index in [9.17, 15) is 24.5 Å². The smallest absolute Gasteiger partial charge is 0.345 e. The molecule has 35 heavy (non-hydrogen) atoms. The van der Waals surface area contributed by atoms with Crippen molar-refractivity contribution in [3.63, 3.8) is 0 Å². The number of non-ortho nitro benzene ring substituents is 1. The van der Waals surface area contributed by atoms with Gasteiger partial charge in [-0.3, -0.25) is 19.7 Å². The summed E-state index contributed by atoms with van der Waals surface area (Å²) in [5.74, 6) is -1.50. The summed E-state index contributed by atoms with van der Waals surface area (Å²) >= 11 is 6.03. The summed E-state index contributed by atoms with van der Waals surface area (Å²) in [6, 6.07) is 16.0. The number of nitrogens with one attached hydrogen (secondary N) is 2. The van der Waals surface area contributed by atoms with E-state index in [1.807, 2.05) is 0 Å². The number of benzene rings is 3. The van der Waals surface area contributed by atoms with Crippen LogP contribution in [0.1, 0.15) is 39.6 Å². The molecule has 2 N–H and O–H groups in total. The highest BCUT2D eigenvalue weighted by molar-refractivity contribution is 6.33. The van der Waals surface area contributed by atoms with Gasteiger partial charge in [0.15, 0.2) is 0 Å². The molecule has 0 saturated heterocycles. The number of hydrogen-bond donors (Lipinski definition) is 2. The SMILES string of the molecule is CCC(=O)Nc1ccc(C(=O)N/N=C/c2cc([N+](=O)[O-])ccc2OC(=O)c2ccccc2Cl)cc1. The molecule has 0 aliphatic heterocycles. The number of amides is 2. The number of halogens is 1. The topological polar surface area (TPSA) is 140 Å². The number of hydrogen-bond acceptors (Lipinski definition) is 7. The van der Waals surface area contributed by atoms with E-state index in [0.717, 1.165) is 12.3 Å². The zero-order valence-corrected chi connectivity index (χ0v) is 19.1. The second-order valence-corrected chi connectivity index (χ2v) is 7.43. The first-order valence-electron chi connectivity index (χ1n) is 10.3. The molecule has 0 unspecified atom stereocenters. The highest BCUT2D eigenvalue weighted by Crippen LogP contribution is 2.25. The lowest BCUT2D eigenvalue weighted by molar-refractivity contribution is -0.384. The van der Waals surface area contributed by atoms with E-state index >= 15 is 0 Å². The largest absolute Gasteiger partial charge is 0.422 e. The third kappa shape index (κ3) is 6.71. The van der Waals surface area contributed by atoms with Gasteiger partial charge in [0.05, 0.1) is 21.7 Å². The minimum Gasteiger partial charge on any atom is -0.422 e. The Morgan fingerprint density at radius 3 is 2.46 bits per heavy atom. The Kier molecular flexibility index (Phi) is 8.25. The minimum atomic E-state index is -0.765. The van der Waals surface area contributed by atoms with Crippen LogP contribution in [-0.4, -0.2) is 28.9 Å². The molecule has 0 spiro atoms. The molecule has 0 bridgehead atoms. The van der Waals surface area contributed by atoms with E-state index in [2.05, 4.69) is 15.8 Å².